The van der Waals surface area contributed by atoms with Crippen LogP contribution < -0.4 is 0 Å². The fraction of sp³-hybridized carbons (Fsp3) is 0.667. The molecule has 0 aromatic carbocycles. The molecule has 0 radical (unpaired) electrons. The molecule has 0 saturated heterocycles. The Morgan fingerprint density at radius 2 is 2.09 bits per heavy atom. The van der Waals surface area contributed by atoms with Gasteiger partial charge in [-0.2, -0.15) is 0 Å². The Morgan fingerprint density at radius 3 is 2.45 bits per heavy atom. The van der Waals surface area contributed by atoms with Gasteiger partial charge in [-0.15, -0.1) is 25.3 Å². The van der Waals surface area contributed by atoms with Crippen molar-refractivity contribution in [1.29, 1.82) is 0 Å². The minimum Gasteiger partial charge on any atom is -0.451 e. The Hall–Kier alpha value is -0.160. The molecule has 0 saturated carbocycles. The van der Waals surface area contributed by atoms with E-state index in [4.69, 9.17) is 0 Å². The normalized spacial score (nSPS) is 12.3. The average molecular weight is 194 g/mol. The van der Waals surface area contributed by atoms with E-state index in [9.17, 15) is 9.59 Å². The second kappa shape index (κ2) is 5.49. The molecule has 11 heavy (non-hydrogen) atoms. The molecule has 1 atom stereocenters. The highest BCUT2D eigenvalue weighted by Gasteiger charge is 2.10. The van der Waals surface area contributed by atoms with Crippen LogP contribution in [0.25, 0.3) is 0 Å². The van der Waals surface area contributed by atoms with Gasteiger partial charge in [0, 0.05) is 6.42 Å². The maximum Gasteiger partial charge on any atom is 0.306 e. The number of carbonyl (C=O) groups is 2. The third-order valence-electron chi connectivity index (χ3n) is 0.905. The first-order chi connectivity index (χ1) is 5.06. The topological polar surface area (TPSA) is 43.4 Å². The van der Waals surface area contributed by atoms with Crippen LogP contribution in [-0.4, -0.2) is 16.5 Å². The van der Waals surface area contributed by atoms with Crippen LogP contribution in [0.1, 0.15) is 19.8 Å². The summed E-state index contributed by atoms with van der Waals surface area (Å²) in [5.74, 6) is -0.361. The van der Waals surface area contributed by atoms with E-state index < -0.39 is 5.44 Å². The van der Waals surface area contributed by atoms with Crippen LogP contribution in [0.2, 0.25) is 0 Å². The Morgan fingerprint density at radius 1 is 1.55 bits per heavy atom. The SMILES string of the molecule is CCC(=O)OC(S)CC(=O)S. The number of esters is 1. The van der Waals surface area contributed by atoms with Crippen molar-refractivity contribution < 1.29 is 14.3 Å². The van der Waals surface area contributed by atoms with E-state index in [2.05, 4.69) is 30.0 Å². The zero-order valence-corrected chi connectivity index (χ0v) is 7.90. The Labute approximate surface area is 76.3 Å². The molecule has 0 aromatic rings. The van der Waals surface area contributed by atoms with Crippen LogP contribution in [0.15, 0.2) is 0 Å². The van der Waals surface area contributed by atoms with Crippen molar-refractivity contribution in [1.82, 2.24) is 0 Å². The van der Waals surface area contributed by atoms with Gasteiger partial charge in [0.15, 0.2) is 10.6 Å². The quantitative estimate of drug-likeness (QED) is 0.399. The zero-order chi connectivity index (χ0) is 8.85. The van der Waals surface area contributed by atoms with Gasteiger partial charge in [-0.3, -0.25) is 9.59 Å². The van der Waals surface area contributed by atoms with Crippen molar-refractivity contribution in [2.45, 2.75) is 25.2 Å². The monoisotopic (exact) mass is 194 g/mol. The third kappa shape index (κ3) is 6.25. The number of thiol groups is 2. The minimum atomic E-state index is -0.660. The molecule has 0 aliphatic carbocycles. The van der Waals surface area contributed by atoms with E-state index in [1.165, 1.54) is 0 Å². The fourth-order valence-electron chi connectivity index (χ4n) is 0.426. The van der Waals surface area contributed by atoms with Crippen LogP contribution in [0, 0.1) is 0 Å². The maximum atomic E-state index is 10.6. The number of hydrogen-bond acceptors (Lipinski definition) is 4. The van der Waals surface area contributed by atoms with Crippen molar-refractivity contribution >= 4 is 36.3 Å². The molecule has 0 spiro atoms. The first-order valence-corrected chi connectivity index (χ1v) is 4.12. The molecule has 0 amide bonds. The highest BCUT2D eigenvalue weighted by atomic mass is 32.1. The molecule has 1 unspecified atom stereocenters. The van der Waals surface area contributed by atoms with Gasteiger partial charge in [0.25, 0.3) is 0 Å². The second-order valence-corrected chi connectivity index (χ2v) is 2.97. The van der Waals surface area contributed by atoms with Crippen LogP contribution in [-0.2, 0) is 14.3 Å². The van der Waals surface area contributed by atoms with E-state index in [1.807, 2.05) is 0 Å². The van der Waals surface area contributed by atoms with Crippen LogP contribution in [0.3, 0.4) is 0 Å². The van der Waals surface area contributed by atoms with E-state index >= 15 is 0 Å². The molecule has 0 heterocycles. The van der Waals surface area contributed by atoms with E-state index in [1.54, 1.807) is 6.92 Å². The molecule has 0 N–H and O–H groups in total. The predicted molar refractivity (Wildman–Crippen MR) is 47.8 cm³/mol. The highest BCUT2D eigenvalue weighted by molar-refractivity contribution is 7.96. The Balaban J connectivity index is 3.60. The molecule has 5 heteroatoms. The minimum absolute atomic E-state index is 0.0396. The number of carbonyl (C=O) groups excluding carboxylic acids is 2. The fourth-order valence-corrected chi connectivity index (χ4v) is 1.02. The summed E-state index contributed by atoms with van der Waals surface area (Å²) in [6.45, 7) is 1.67. The third-order valence-corrected chi connectivity index (χ3v) is 1.38. The number of rotatable bonds is 4. The van der Waals surface area contributed by atoms with Crippen LogP contribution in [0.4, 0.5) is 0 Å². The van der Waals surface area contributed by atoms with Gasteiger partial charge in [0.05, 0.1) is 6.42 Å². The van der Waals surface area contributed by atoms with Gasteiger partial charge in [-0.05, 0) is 0 Å². The maximum absolute atomic E-state index is 10.6. The van der Waals surface area contributed by atoms with Crippen molar-refractivity contribution in [3.63, 3.8) is 0 Å². The second-order valence-electron chi connectivity index (χ2n) is 1.90. The molecule has 0 aliphatic rings. The first-order valence-electron chi connectivity index (χ1n) is 3.15. The van der Waals surface area contributed by atoms with E-state index in [0.717, 1.165) is 0 Å². The molecule has 3 nitrogen and oxygen atoms in total. The van der Waals surface area contributed by atoms with Crippen molar-refractivity contribution in [2.24, 2.45) is 0 Å². The van der Waals surface area contributed by atoms with Crippen molar-refractivity contribution in [3.8, 4) is 0 Å². The molecule has 64 valence electrons. The van der Waals surface area contributed by atoms with Gasteiger partial charge in [-0.1, -0.05) is 6.92 Å². The standard InChI is InChI=1S/C6H10O3S2/c1-2-4(7)9-6(11)3-5(8)10/h6,11H,2-3H2,1H3,(H,8,10). The Bertz CT molecular complexity index is 158. The van der Waals surface area contributed by atoms with Crippen molar-refractivity contribution in [3.05, 3.63) is 0 Å². The summed E-state index contributed by atoms with van der Waals surface area (Å²) < 4.78 is 4.67. The van der Waals surface area contributed by atoms with Gasteiger partial charge >= 0.3 is 5.97 Å². The lowest BCUT2D eigenvalue weighted by Crippen LogP contribution is -2.13. The van der Waals surface area contributed by atoms with Gasteiger partial charge in [0.1, 0.15) is 0 Å². The summed E-state index contributed by atoms with van der Waals surface area (Å²) in [6, 6.07) is 0. The summed E-state index contributed by atoms with van der Waals surface area (Å²) in [5, 5.41) is -0.339. The van der Waals surface area contributed by atoms with Crippen LogP contribution >= 0.6 is 25.3 Å². The predicted octanol–water partition coefficient (Wildman–Crippen LogP) is 1.04. The van der Waals surface area contributed by atoms with Crippen molar-refractivity contribution in [2.75, 3.05) is 0 Å². The number of ether oxygens (including phenoxy) is 1. The molecule has 0 rings (SSSR count). The lowest BCUT2D eigenvalue weighted by atomic mass is 10.5. The summed E-state index contributed by atoms with van der Waals surface area (Å²) in [4.78, 5) is 20.9. The largest absolute Gasteiger partial charge is 0.451 e. The molecule has 0 fully saturated rings. The molecule has 0 aliphatic heterocycles. The smallest absolute Gasteiger partial charge is 0.306 e. The molecule has 0 aromatic heterocycles. The van der Waals surface area contributed by atoms with Gasteiger partial charge < -0.3 is 4.74 Å². The van der Waals surface area contributed by atoms with Crippen LogP contribution in [0.5, 0.6) is 0 Å². The summed E-state index contributed by atoms with van der Waals surface area (Å²) in [6.07, 6.45) is 0.329. The molecular formula is C6H10O3S2. The summed E-state index contributed by atoms with van der Waals surface area (Å²) >= 11 is 7.36. The summed E-state index contributed by atoms with van der Waals surface area (Å²) in [5.41, 5.74) is -0.660. The number of hydrogen-bond donors (Lipinski definition) is 2. The van der Waals surface area contributed by atoms with E-state index in [0.29, 0.717) is 0 Å². The lowest BCUT2D eigenvalue weighted by Gasteiger charge is -2.08. The molecular weight excluding hydrogens is 184 g/mol. The van der Waals surface area contributed by atoms with Gasteiger partial charge in [0.2, 0.25) is 0 Å². The van der Waals surface area contributed by atoms with Gasteiger partial charge in [-0.25, -0.2) is 0 Å². The average Bonchev–Trinajstić information content (AvgIpc) is 1.85. The lowest BCUT2D eigenvalue weighted by molar-refractivity contribution is -0.145. The first kappa shape index (κ1) is 10.8. The van der Waals surface area contributed by atoms with E-state index in [-0.39, 0.29) is 23.9 Å². The molecule has 0 bridgehead atoms. The highest BCUT2D eigenvalue weighted by Crippen LogP contribution is 2.06. The zero-order valence-electron chi connectivity index (χ0n) is 6.11. The Kier molecular flexibility index (Phi) is 5.41. The summed E-state index contributed by atoms with van der Waals surface area (Å²) in [7, 11) is 0.